The van der Waals surface area contributed by atoms with Crippen molar-refractivity contribution in [3.63, 3.8) is 0 Å². The molecule has 1 N–H and O–H groups in total. The fourth-order valence-corrected chi connectivity index (χ4v) is 4.28. The first-order valence-corrected chi connectivity index (χ1v) is 10.00. The molecule has 0 aliphatic carbocycles. The Morgan fingerprint density at radius 3 is 2.69 bits per heavy atom. The van der Waals surface area contributed by atoms with Crippen LogP contribution >= 0.6 is 12.4 Å². The third-order valence-corrected chi connectivity index (χ3v) is 5.78. The average molecular weight is 421 g/mol. The van der Waals surface area contributed by atoms with Crippen LogP contribution in [0.1, 0.15) is 53.8 Å². The fourth-order valence-electron chi connectivity index (χ4n) is 4.28. The van der Waals surface area contributed by atoms with Crippen LogP contribution in [0.4, 0.5) is 0 Å². The van der Waals surface area contributed by atoms with Crippen LogP contribution in [0.5, 0.6) is 11.5 Å². The topological polar surface area (TPSA) is 68.6 Å². The molecule has 3 heterocycles. The number of carbonyl (C=O) groups is 1. The number of hydrogen-bond acceptors (Lipinski definition) is 5. The Labute approximate surface area is 177 Å². The number of piperidine rings is 1. The quantitative estimate of drug-likeness (QED) is 0.804. The molecule has 0 spiro atoms. The molecule has 2 aliphatic heterocycles. The predicted octanol–water partition coefficient (Wildman–Crippen LogP) is 3.22. The molecule has 7 nitrogen and oxygen atoms in total. The van der Waals surface area contributed by atoms with E-state index in [4.69, 9.17) is 9.47 Å². The summed E-state index contributed by atoms with van der Waals surface area (Å²) in [5, 5.41) is 8.01. The molecule has 2 aliphatic rings. The number of likely N-dealkylation sites (tertiary alicyclic amines) is 1. The molecule has 1 amide bonds. The number of rotatable bonds is 5. The van der Waals surface area contributed by atoms with Gasteiger partial charge in [-0.2, -0.15) is 5.10 Å². The maximum Gasteiger partial charge on any atom is 0.274 e. The number of hydrogen-bond donors (Lipinski definition) is 1. The lowest BCUT2D eigenvalue weighted by Gasteiger charge is -2.25. The highest BCUT2D eigenvalue weighted by atomic mass is 35.5. The number of methoxy groups -OCH3 is 2. The molecule has 1 aromatic carbocycles. The van der Waals surface area contributed by atoms with Gasteiger partial charge in [-0.05, 0) is 56.0 Å². The molecule has 158 valence electrons. The molecule has 1 aromatic heterocycles. The maximum absolute atomic E-state index is 13.2. The summed E-state index contributed by atoms with van der Waals surface area (Å²) in [6.45, 7) is 2.72. The number of aromatic nitrogens is 2. The van der Waals surface area contributed by atoms with Crippen LogP contribution in [0.15, 0.2) is 30.5 Å². The predicted molar refractivity (Wildman–Crippen MR) is 113 cm³/mol. The first-order chi connectivity index (χ1) is 13.7. The van der Waals surface area contributed by atoms with Crippen molar-refractivity contribution in [3.05, 3.63) is 41.7 Å². The Balaban J connectivity index is 0.00000240. The van der Waals surface area contributed by atoms with Gasteiger partial charge in [0.2, 0.25) is 0 Å². The second-order valence-electron chi connectivity index (χ2n) is 7.45. The largest absolute Gasteiger partial charge is 0.493 e. The van der Waals surface area contributed by atoms with Gasteiger partial charge in [-0.15, -0.1) is 12.4 Å². The zero-order valence-electron chi connectivity index (χ0n) is 17.0. The van der Waals surface area contributed by atoms with Crippen LogP contribution in [0, 0.1) is 0 Å². The third kappa shape index (κ3) is 4.36. The van der Waals surface area contributed by atoms with Gasteiger partial charge in [0.15, 0.2) is 11.5 Å². The Kier molecular flexibility index (Phi) is 7.03. The van der Waals surface area contributed by atoms with Crippen molar-refractivity contribution >= 4 is 18.3 Å². The van der Waals surface area contributed by atoms with Crippen LogP contribution in [-0.2, 0) is 0 Å². The molecule has 0 radical (unpaired) electrons. The van der Waals surface area contributed by atoms with Crippen molar-refractivity contribution in [2.45, 2.75) is 37.8 Å². The smallest absolute Gasteiger partial charge is 0.274 e. The SMILES string of the molecule is COc1ccc(C2CCCN2C(=O)c2ccn(C3CCCNC3)n2)cc1OC.Cl. The first kappa shape index (κ1) is 21.5. The average Bonchev–Trinajstić information content (AvgIpc) is 3.43. The molecular formula is C21H29ClN4O3. The summed E-state index contributed by atoms with van der Waals surface area (Å²) in [5.41, 5.74) is 1.59. The number of ether oxygens (including phenoxy) is 2. The van der Waals surface area contributed by atoms with Crippen molar-refractivity contribution in [2.75, 3.05) is 33.9 Å². The molecule has 2 saturated heterocycles. The van der Waals surface area contributed by atoms with Gasteiger partial charge in [-0.25, -0.2) is 0 Å². The molecule has 2 atom stereocenters. The number of nitrogens with one attached hydrogen (secondary N) is 1. The monoisotopic (exact) mass is 420 g/mol. The Morgan fingerprint density at radius 1 is 1.14 bits per heavy atom. The van der Waals surface area contributed by atoms with E-state index in [1.54, 1.807) is 14.2 Å². The van der Waals surface area contributed by atoms with Crippen LogP contribution in [0.25, 0.3) is 0 Å². The molecule has 4 rings (SSSR count). The van der Waals surface area contributed by atoms with Crippen LogP contribution in [-0.4, -0.2) is 54.4 Å². The van der Waals surface area contributed by atoms with Crippen molar-refractivity contribution in [1.29, 1.82) is 0 Å². The highest BCUT2D eigenvalue weighted by Gasteiger charge is 2.32. The van der Waals surface area contributed by atoms with Crippen molar-refractivity contribution < 1.29 is 14.3 Å². The van der Waals surface area contributed by atoms with Gasteiger partial charge >= 0.3 is 0 Å². The van der Waals surface area contributed by atoms with E-state index in [9.17, 15) is 4.79 Å². The second-order valence-corrected chi connectivity index (χ2v) is 7.45. The highest BCUT2D eigenvalue weighted by Crippen LogP contribution is 2.37. The lowest BCUT2D eigenvalue weighted by atomic mass is 10.0. The van der Waals surface area contributed by atoms with E-state index >= 15 is 0 Å². The Morgan fingerprint density at radius 2 is 1.97 bits per heavy atom. The molecule has 29 heavy (non-hydrogen) atoms. The van der Waals surface area contributed by atoms with Crippen molar-refractivity contribution in [1.82, 2.24) is 20.0 Å². The van der Waals surface area contributed by atoms with Gasteiger partial charge < -0.3 is 19.7 Å². The van der Waals surface area contributed by atoms with Crippen LogP contribution in [0.3, 0.4) is 0 Å². The van der Waals surface area contributed by atoms with E-state index in [0.29, 0.717) is 23.2 Å². The van der Waals surface area contributed by atoms with Gasteiger partial charge in [0.25, 0.3) is 5.91 Å². The highest BCUT2D eigenvalue weighted by molar-refractivity contribution is 5.92. The Bertz CT molecular complexity index is 835. The summed E-state index contributed by atoms with van der Waals surface area (Å²) in [6.07, 6.45) is 6.10. The Hall–Kier alpha value is -2.25. The normalized spacial score (nSPS) is 21.5. The third-order valence-electron chi connectivity index (χ3n) is 5.78. The summed E-state index contributed by atoms with van der Waals surface area (Å²) in [6, 6.07) is 8.11. The number of carbonyl (C=O) groups excluding carboxylic acids is 1. The van der Waals surface area contributed by atoms with E-state index in [2.05, 4.69) is 10.4 Å². The molecular weight excluding hydrogens is 392 g/mol. The molecule has 0 bridgehead atoms. The van der Waals surface area contributed by atoms with E-state index in [1.807, 2.05) is 40.0 Å². The van der Waals surface area contributed by atoms with Gasteiger partial charge in [0.1, 0.15) is 5.69 Å². The van der Waals surface area contributed by atoms with Gasteiger partial charge in [0.05, 0.1) is 26.3 Å². The van der Waals surface area contributed by atoms with E-state index in [1.165, 1.54) is 0 Å². The summed E-state index contributed by atoms with van der Waals surface area (Å²) < 4.78 is 12.7. The van der Waals surface area contributed by atoms with Gasteiger partial charge in [0, 0.05) is 19.3 Å². The van der Waals surface area contributed by atoms with Gasteiger partial charge in [-0.3, -0.25) is 9.48 Å². The van der Waals surface area contributed by atoms with Gasteiger partial charge in [-0.1, -0.05) is 6.07 Å². The fraction of sp³-hybridized carbons (Fsp3) is 0.524. The van der Waals surface area contributed by atoms with Crippen molar-refractivity contribution in [3.8, 4) is 11.5 Å². The molecule has 0 saturated carbocycles. The molecule has 2 fully saturated rings. The summed E-state index contributed by atoms with van der Waals surface area (Å²) in [5.74, 6) is 1.38. The molecule has 8 heteroatoms. The maximum atomic E-state index is 13.2. The van der Waals surface area contributed by atoms with Crippen LogP contribution < -0.4 is 14.8 Å². The zero-order chi connectivity index (χ0) is 19.5. The van der Waals surface area contributed by atoms with E-state index in [-0.39, 0.29) is 24.4 Å². The van der Waals surface area contributed by atoms with Crippen LogP contribution in [0.2, 0.25) is 0 Å². The second kappa shape index (κ2) is 9.50. The van der Waals surface area contributed by atoms with E-state index < -0.39 is 0 Å². The number of amides is 1. The molecule has 2 aromatic rings. The number of benzene rings is 1. The molecule has 2 unspecified atom stereocenters. The minimum atomic E-state index is -0.000182. The number of nitrogens with zero attached hydrogens (tertiary/aromatic N) is 3. The lowest BCUT2D eigenvalue weighted by molar-refractivity contribution is 0.0728. The lowest BCUT2D eigenvalue weighted by Crippen LogP contribution is -2.33. The zero-order valence-corrected chi connectivity index (χ0v) is 17.8. The summed E-state index contributed by atoms with van der Waals surface area (Å²) in [7, 11) is 3.26. The minimum Gasteiger partial charge on any atom is -0.493 e. The summed E-state index contributed by atoms with van der Waals surface area (Å²) >= 11 is 0. The number of halogens is 1. The van der Waals surface area contributed by atoms with Crippen molar-refractivity contribution in [2.24, 2.45) is 0 Å². The minimum absolute atomic E-state index is 0. The standard InChI is InChI=1S/C21H28N4O3.ClH/c1-27-19-8-7-15(13-20(19)28-2)18-6-4-11-24(18)21(26)17-9-12-25(23-17)16-5-3-10-22-14-16;/h7-9,12-13,16,18,22H,3-6,10-11,14H2,1-2H3;1H. The first-order valence-electron chi connectivity index (χ1n) is 10.00. The summed E-state index contributed by atoms with van der Waals surface area (Å²) in [4.78, 5) is 15.1. The van der Waals surface area contributed by atoms with E-state index in [0.717, 1.165) is 50.9 Å².